The lowest BCUT2D eigenvalue weighted by Gasteiger charge is -2.29. The van der Waals surface area contributed by atoms with Gasteiger partial charge in [-0.3, -0.25) is 9.10 Å². The Balaban J connectivity index is 1.92. The smallest absolute Gasteiger partial charge is 0.255 e. The molecule has 26 heavy (non-hydrogen) atoms. The monoisotopic (exact) mass is 369 g/mol. The van der Waals surface area contributed by atoms with Crippen molar-refractivity contribution < 1.29 is 13.2 Å². The van der Waals surface area contributed by atoms with Gasteiger partial charge in [0.15, 0.2) is 0 Å². The van der Waals surface area contributed by atoms with Crippen LogP contribution in [0.2, 0.25) is 0 Å². The average Bonchev–Trinajstić information content (AvgIpc) is 2.62. The number of carbonyl (C=O) groups is 1. The highest BCUT2D eigenvalue weighted by Gasteiger charge is 2.27. The van der Waals surface area contributed by atoms with Crippen molar-refractivity contribution in [3.8, 4) is 6.07 Å². The summed E-state index contributed by atoms with van der Waals surface area (Å²) in [4.78, 5) is 12.6. The van der Waals surface area contributed by atoms with Crippen molar-refractivity contribution >= 4 is 27.3 Å². The van der Waals surface area contributed by atoms with Gasteiger partial charge in [0.25, 0.3) is 5.91 Å². The van der Waals surface area contributed by atoms with E-state index in [0.29, 0.717) is 35.5 Å². The van der Waals surface area contributed by atoms with Gasteiger partial charge in [0.2, 0.25) is 10.0 Å². The molecular weight excluding hydrogens is 350 g/mol. The second-order valence-corrected chi connectivity index (χ2v) is 8.22. The van der Waals surface area contributed by atoms with Crippen LogP contribution in [0, 0.1) is 18.3 Å². The molecule has 1 N–H and O–H groups in total. The summed E-state index contributed by atoms with van der Waals surface area (Å²) in [6.07, 6.45) is 1.45. The number of amides is 1. The molecule has 0 aromatic heterocycles. The number of nitriles is 1. The molecule has 0 saturated carbocycles. The molecule has 134 valence electrons. The molecule has 1 saturated heterocycles. The molecule has 1 fully saturated rings. The molecular formula is C19H19N3O3S. The number of benzene rings is 2. The Bertz CT molecular complexity index is 993. The lowest BCUT2D eigenvalue weighted by Crippen LogP contribution is -2.38. The van der Waals surface area contributed by atoms with E-state index in [1.54, 1.807) is 42.5 Å². The van der Waals surface area contributed by atoms with Crippen LogP contribution in [0.15, 0.2) is 42.5 Å². The van der Waals surface area contributed by atoms with Crippen LogP contribution in [0.3, 0.4) is 0 Å². The first kappa shape index (κ1) is 18.0. The number of nitrogens with zero attached hydrogens (tertiary/aromatic N) is 2. The Morgan fingerprint density at radius 3 is 2.69 bits per heavy atom. The molecule has 1 aliphatic heterocycles. The van der Waals surface area contributed by atoms with Gasteiger partial charge in [-0.1, -0.05) is 18.2 Å². The predicted octanol–water partition coefficient (Wildman–Crippen LogP) is 3.05. The molecule has 1 heterocycles. The highest BCUT2D eigenvalue weighted by Crippen LogP contribution is 2.28. The minimum Gasteiger partial charge on any atom is -0.321 e. The number of hydrogen-bond acceptors (Lipinski definition) is 4. The van der Waals surface area contributed by atoms with E-state index in [2.05, 4.69) is 5.32 Å². The normalized spacial score (nSPS) is 15.9. The predicted molar refractivity (Wildman–Crippen MR) is 101 cm³/mol. The van der Waals surface area contributed by atoms with E-state index in [-0.39, 0.29) is 11.7 Å². The maximum absolute atomic E-state index is 12.6. The number of para-hydroxylation sites is 1. The van der Waals surface area contributed by atoms with Gasteiger partial charge in [0.05, 0.1) is 22.7 Å². The summed E-state index contributed by atoms with van der Waals surface area (Å²) in [7, 11) is -3.35. The largest absolute Gasteiger partial charge is 0.321 e. The molecule has 7 heteroatoms. The van der Waals surface area contributed by atoms with Crippen LogP contribution in [0.5, 0.6) is 0 Å². The highest BCUT2D eigenvalue weighted by molar-refractivity contribution is 7.92. The average molecular weight is 369 g/mol. The number of anilines is 2. The van der Waals surface area contributed by atoms with E-state index in [9.17, 15) is 13.2 Å². The SMILES string of the molecule is Cc1ccc(C(=O)Nc2ccccc2C#N)cc1N1CCCCS1(=O)=O. The summed E-state index contributed by atoms with van der Waals surface area (Å²) in [6.45, 7) is 2.25. The third-order valence-corrected chi connectivity index (χ3v) is 6.24. The van der Waals surface area contributed by atoms with E-state index in [0.717, 1.165) is 12.0 Å². The van der Waals surface area contributed by atoms with Crippen molar-refractivity contribution in [3.63, 3.8) is 0 Å². The van der Waals surface area contributed by atoms with Crippen LogP contribution in [0.1, 0.15) is 34.3 Å². The third kappa shape index (κ3) is 3.55. The van der Waals surface area contributed by atoms with Crippen LogP contribution in [0.25, 0.3) is 0 Å². The van der Waals surface area contributed by atoms with Crippen molar-refractivity contribution in [1.29, 1.82) is 5.26 Å². The Morgan fingerprint density at radius 1 is 1.19 bits per heavy atom. The third-order valence-electron chi connectivity index (χ3n) is 4.39. The molecule has 0 radical (unpaired) electrons. The van der Waals surface area contributed by atoms with Crippen LogP contribution >= 0.6 is 0 Å². The molecule has 3 rings (SSSR count). The summed E-state index contributed by atoms with van der Waals surface area (Å²) in [6, 6.07) is 13.8. The van der Waals surface area contributed by atoms with E-state index < -0.39 is 10.0 Å². The quantitative estimate of drug-likeness (QED) is 0.900. The van der Waals surface area contributed by atoms with Crippen LogP contribution in [-0.2, 0) is 10.0 Å². The Morgan fingerprint density at radius 2 is 1.96 bits per heavy atom. The van der Waals surface area contributed by atoms with Gasteiger partial charge in [-0.15, -0.1) is 0 Å². The molecule has 2 aromatic rings. The van der Waals surface area contributed by atoms with Crippen molar-refractivity contribution in [2.45, 2.75) is 19.8 Å². The number of rotatable bonds is 3. The van der Waals surface area contributed by atoms with Gasteiger partial charge >= 0.3 is 0 Å². The summed E-state index contributed by atoms with van der Waals surface area (Å²) in [5.74, 6) is -0.262. The Hall–Kier alpha value is -2.85. The molecule has 0 unspecified atom stereocenters. The van der Waals surface area contributed by atoms with Crippen LogP contribution in [-0.4, -0.2) is 26.6 Å². The van der Waals surface area contributed by atoms with Gasteiger partial charge in [-0.25, -0.2) is 8.42 Å². The van der Waals surface area contributed by atoms with E-state index in [1.807, 2.05) is 13.0 Å². The maximum atomic E-state index is 12.6. The summed E-state index contributed by atoms with van der Waals surface area (Å²) < 4.78 is 26.2. The first-order chi connectivity index (χ1) is 12.4. The fourth-order valence-corrected chi connectivity index (χ4v) is 4.66. The van der Waals surface area contributed by atoms with Crippen LogP contribution < -0.4 is 9.62 Å². The minimum atomic E-state index is -3.35. The molecule has 0 aliphatic carbocycles. The summed E-state index contributed by atoms with van der Waals surface area (Å²) in [5, 5.41) is 11.9. The van der Waals surface area contributed by atoms with Gasteiger partial charge in [0, 0.05) is 12.1 Å². The lowest BCUT2D eigenvalue weighted by molar-refractivity contribution is 0.102. The van der Waals surface area contributed by atoms with Crippen molar-refractivity contribution in [3.05, 3.63) is 59.2 Å². The number of sulfonamides is 1. The zero-order chi connectivity index (χ0) is 18.7. The van der Waals surface area contributed by atoms with Gasteiger partial charge in [0.1, 0.15) is 6.07 Å². The minimum absolute atomic E-state index is 0.123. The van der Waals surface area contributed by atoms with E-state index >= 15 is 0 Å². The van der Waals surface area contributed by atoms with E-state index in [4.69, 9.17) is 5.26 Å². The molecule has 1 aliphatic rings. The molecule has 0 bridgehead atoms. The topological polar surface area (TPSA) is 90.3 Å². The van der Waals surface area contributed by atoms with Gasteiger partial charge < -0.3 is 5.32 Å². The van der Waals surface area contributed by atoms with Crippen molar-refractivity contribution in [1.82, 2.24) is 0 Å². The first-order valence-electron chi connectivity index (χ1n) is 8.34. The summed E-state index contributed by atoms with van der Waals surface area (Å²) in [5.41, 5.74) is 2.47. The molecule has 0 atom stereocenters. The van der Waals surface area contributed by atoms with E-state index in [1.165, 1.54) is 4.31 Å². The second kappa shape index (κ2) is 7.18. The Labute approximate surface area is 153 Å². The molecule has 2 aromatic carbocycles. The highest BCUT2D eigenvalue weighted by atomic mass is 32.2. The van der Waals surface area contributed by atoms with Gasteiger partial charge in [-0.05, 0) is 49.6 Å². The van der Waals surface area contributed by atoms with Crippen molar-refractivity contribution in [2.24, 2.45) is 0 Å². The van der Waals surface area contributed by atoms with Crippen LogP contribution in [0.4, 0.5) is 11.4 Å². The fraction of sp³-hybridized carbons (Fsp3) is 0.263. The standard InChI is InChI=1S/C19H19N3O3S/c1-14-8-9-15(12-18(14)22-10-4-5-11-26(22,24)25)19(23)21-17-7-3-2-6-16(17)13-20/h2-3,6-9,12H,4-5,10-11H2,1H3,(H,21,23). The Kier molecular flexibility index (Phi) is 4.96. The second-order valence-electron chi connectivity index (χ2n) is 6.21. The number of nitrogens with one attached hydrogen (secondary N) is 1. The first-order valence-corrected chi connectivity index (χ1v) is 9.95. The molecule has 0 spiro atoms. The number of aryl methyl sites for hydroxylation is 1. The summed E-state index contributed by atoms with van der Waals surface area (Å²) >= 11 is 0. The van der Waals surface area contributed by atoms with Crippen molar-refractivity contribution in [2.75, 3.05) is 21.9 Å². The molecule has 1 amide bonds. The van der Waals surface area contributed by atoms with Gasteiger partial charge in [-0.2, -0.15) is 5.26 Å². The number of carbonyl (C=O) groups excluding carboxylic acids is 1. The zero-order valence-electron chi connectivity index (χ0n) is 14.4. The fourth-order valence-electron chi connectivity index (χ4n) is 2.96. The lowest BCUT2D eigenvalue weighted by atomic mass is 10.1. The molecule has 6 nitrogen and oxygen atoms in total. The maximum Gasteiger partial charge on any atom is 0.255 e. The number of hydrogen-bond donors (Lipinski definition) is 1. The zero-order valence-corrected chi connectivity index (χ0v) is 15.2.